The second-order valence-corrected chi connectivity index (χ2v) is 6.12. The molecule has 0 radical (unpaired) electrons. The molecule has 0 bridgehead atoms. The number of fused-ring (bicyclic) bond motifs is 1. The lowest BCUT2D eigenvalue weighted by molar-refractivity contribution is 0.0517. The fraction of sp³-hybridized carbons (Fsp3) is 0.286. The minimum absolute atomic E-state index is 0. The van der Waals surface area contributed by atoms with Gasteiger partial charge < -0.3 is 9.47 Å². The van der Waals surface area contributed by atoms with E-state index in [1.807, 2.05) is 36.4 Å². The molecule has 0 amide bonds. The Labute approximate surface area is 174 Å². The van der Waals surface area contributed by atoms with Crippen LogP contribution in [0.1, 0.15) is 45.4 Å². The van der Waals surface area contributed by atoms with Crippen molar-refractivity contribution < 1.29 is 19.1 Å². The third-order valence-electron chi connectivity index (χ3n) is 4.40. The van der Waals surface area contributed by atoms with Crippen LogP contribution < -0.4 is 4.74 Å². The summed E-state index contributed by atoms with van der Waals surface area (Å²) in [6.07, 6.45) is 2.65. The van der Waals surface area contributed by atoms with Crippen LogP contribution in [0.2, 0.25) is 0 Å². The summed E-state index contributed by atoms with van der Waals surface area (Å²) in [5, 5.41) is 0. The first kappa shape index (κ1) is 21.6. The molecule has 28 heavy (non-hydrogen) atoms. The van der Waals surface area contributed by atoms with Gasteiger partial charge in [-0.15, -0.1) is 17.0 Å². The number of imidazole rings is 1. The molecule has 0 aliphatic rings. The van der Waals surface area contributed by atoms with E-state index in [1.54, 1.807) is 31.6 Å². The summed E-state index contributed by atoms with van der Waals surface area (Å²) in [5.74, 6) is 0.220. The minimum atomic E-state index is -0.420. The van der Waals surface area contributed by atoms with Crippen molar-refractivity contribution in [2.24, 2.45) is 0 Å². The zero-order chi connectivity index (χ0) is 19.4. The highest BCUT2D eigenvalue weighted by Crippen LogP contribution is 2.28. The Bertz CT molecular complexity index is 983. The number of esters is 1. The molecule has 0 atom stereocenters. The van der Waals surface area contributed by atoms with Gasteiger partial charge in [-0.05, 0) is 31.9 Å². The van der Waals surface area contributed by atoms with Crippen molar-refractivity contribution in [3.63, 3.8) is 0 Å². The second kappa shape index (κ2) is 9.50. The highest BCUT2D eigenvalue weighted by atomic mass is 79.9. The topological polar surface area (TPSA) is 69.9 Å². The number of nitrogens with zero attached hydrogens (tertiary/aromatic N) is 2. The van der Waals surface area contributed by atoms with E-state index < -0.39 is 5.97 Å². The van der Waals surface area contributed by atoms with Gasteiger partial charge in [0.25, 0.3) is 0 Å². The average Bonchev–Trinajstić information content (AvgIpc) is 3.02. The lowest BCUT2D eigenvalue weighted by Gasteiger charge is -2.10. The van der Waals surface area contributed by atoms with Crippen LogP contribution in [0.25, 0.3) is 5.65 Å². The molecule has 7 heteroatoms. The largest absolute Gasteiger partial charge is 0.493 e. The zero-order valence-electron chi connectivity index (χ0n) is 16.1. The summed E-state index contributed by atoms with van der Waals surface area (Å²) in [5.41, 5.74) is 3.07. The van der Waals surface area contributed by atoms with Crippen LogP contribution in [0.3, 0.4) is 0 Å². The van der Waals surface area contributed by atoms with Crippen LogP contribution in [0.15, 0.2) is 42.6 Å². The van der Waals surface area contributed by atoms with Gasteiger partial charge in [0.2, 0.25) is 0 Å². The number of carbonyl (C=O) groups is 2. The van der Waals surface area contributed by atoms with Gasteiger partial charge in [0.1, 0.15) is 0 Å². The van der Waals surface area contributed by atoms with Crippen LogP contribution in [-0.2, 0) is 11.2 Å². The van der Waals surface area contributed by atoms with Gasteiger partial charge in [0.05, 0.1) is 19.4 Å². The molecule has 0 N–H and O–H groups in total. The molecule has 148 valence electrons. The minimum Gasteiger partial charge on any atom is -0.493 e. The monoisotopic (exact) mass is 446 g/mol. The number of rotatable bonds is 7. The molecule has 0 spiro atoms. The molecule has 3 aromatic rings. The summed E-state index contributed by atoms with van der Waals surface area (Å²) < 4.78 is 12.4. The molecular weight excluding hydrogens is 424 g/mol. The van der Waals surface area contributed by atoms with Gasteiger partial charge in [0, 0.05) is 18.2 Å². The Kier molecular flexibility index (Phi) is 7.34. The van der Waals surface area contributed by atoms with E-state index in [4.69, 9.17) is 9.47 Å². The number of carbonyl (C=O) groups excluding carboxylic acids is 2. The molecule has 0 saturated heterocycles. The maximum Gasteiger partial charge on any atom is 0.357 e. The SMILES string of the molecule is Br.CCOC(=O)c1c(C)nc2c(OC)c(CCC(=O)c3ccccc3)ccn12. The molecule has 0 unspecified atom stereocenters. The van der Waals surface area contributed by atoms with Gasteiger partial charge in [-0.1, -0.05) is 30.3 Å². The maximum atomic E-state index is 12.4. The van der Waals surface area contributed by atoms with E-state index in [0.717, 1.165) is 5.56 Å². The molecule has 0 aliphatic carbocycles. The van der Waals surface area contributed by atoms with Gasteiger partial charge >= 0.3 is 5.97 Å². The smallest absolute Gasteiger partial charge is 0.357 e. The van der Waals surface area contributed by atoms with E-state index >= 15 is 0 Å². The summed E-state index contributed by atoms with van der Waals surface area (Å²) >= 11 is 0. The van der Waals surface area contributed by atoms with E-state index in [-0.39, 0.29) is 22.8 Å². The van der Waals surface area contributed by atoms with E-state index in [1.165, 1.54) is 0 Å². The van der Waals surface area contributed by atoms with E-state index in [0.29, 0.717) is 47.8 Å². The van der Waals surface area contributed by atoms with Crippen LogP contribution in [0, 0.1) is 6.92 Å². The highest BCUT2D eigenvalue weighted by molar-refractivity contribution is 8.93. The Hall–Kier alpha value is -2.67. The van der Waals surface area contributed by atoms with Gasteiger partial charge in [-0.2, -0.15) is 0 Å². The number of aromatic nitrogens is 2. The van der Waals surface area contributed by atoms with Crippen molar-refractivity contribution in [2.75, 3.05) is 13.7 Å². The fourth-order valence-corrected chi connectivity index (χ4v) is 3.12. The molecule has 1 aromatic carbocycles. The molecule has 0 fully saturated rings. The number of halogens is 1. The van der Waals surface area contributed by atoms with Gasteiger partial charge in [-0.25, -0.2) is 9.78 Å². The zero-order valence-corrected chi connectivity index (χ0v) is 17.8. The Morgan fingerprint density at radius 1 is 1.14 bits per heavy atom. The predicted molar refractivity (Wildman–Crippen MR) is 112 cm³/mol. The standard InChI is InChI=1S/C21H22N2O4.BrH/c1-4-27-21(25)18-14(2)22-20-19(26-3)16(12-13-23(18)20)10-11-17(24)15-8-6-5-7-9-15;/h5-9,12-13H,4,10-11H2,1-3H3;1H. The lowest BCUT2D eigenvalue weighted by Crippen LogP contribution is -2.10. The molecule has 0 aliphatic heterocycles. The third-order valence-corrected chi connectivity index (χ3v) is 4.40. The van der Waals surface area contributed by atoms with Crippen LogP contribution in [-0.4, -0.2) is 34.9 Å². The number of pyridine rings is 1. The van der Waals surface area contributed by atoms with Crippen molar-refractivity contribution in [2.45, 2.75) is 26.7 Å². The van der Waals surface area contributed by atoms with Crippen LogP contribution in [0.4, 0.5) is 0 Å². The Morgan fingerprint density at radius 3 is 2.50 bits per heavy atom. The summed E-state index contributed by atoms with van der Waals surface area (Å²) in [6.45, 7) is 3.82. The number of hydrogen-bond donors (Lipinski definition) is 0. The van der Waals surface area contributed by atoms with E-state index in [9.17, 15) is 9.59 Å². The Balaban J connectivity index is 0.00000280. The lowest BCUT2D eigenvalue weighted by atomic mass is 10.0. The van der Waals surface area contributed by atoms with Crippen molar-refractivity contribution in [3.05, 3.63) is 65.1 Å². The first-order valence-corrected chi connectivity index (χ1v) is 8.86. The molecule has 2 heterocycles. The molecular formula is C21H23BrN2O4. The number of ketones is 1. The number of hydrogen-bond acceptors (Lipinski definition) is 5. The summed E-state index contributed by atoms with van der Waals surface area (Å²) in [4.78, 5) is 29.1. The maximum absolute atomic E-state index is 12.4. The van der Waals surface area contributed by atoms with E-state index in [2.05, 4.69) is 4.98 Å². The van der Waals surface area contributed by atoms with Crippen LogP contribution >= 0.6 is 17.0 Å². The second-order valence-electron chi connectivity index (χ2n) is 6.12. The summed E-state index contributed by atoms with van der Waals surface area (Å²) in [6, 6.07) is 11.1. The van der Waals surface area contributed by atoms with Gasteiger partial charge in [0.15, 0.2) is 22.9 Å². The fourth-order valence-electron chi connectivity index (χ4n) is 3.12. The first-order chi connectivity index (χ1) is 13.1. The molecule has 3 rings (SSSR count). The van der Waals surface area contributed by atoms with Crippen molar-refractivity contribution in [1.29, 1.82) is 0 Å². The highest BCUT2D eigenvalue weighted by Gasteiger charge is 2.21. The number of ether oxygens (including phenoxy) is 2. The van der Waals surface area contributed by atoms with Crippen LogP contribution in [0.5, 0.6) is 5.75 Å². The van der Waals surface area contributed by atoms with Crippen molar-refractivity contribution in [1.82, 2.24) is 9.38 Å². The van der Waals surface area contributed by atoms with Crippen molar-refractivity contribution in [3.8, 4) is 5.75 Å². The summed E-state index contributed by atoms with van der Waals surface area (Å²) in [7, 11) is 1.56. The number of benzene rings is 1. The predicted octanol–water partition coefficient (Wildman–Crippen LogP) is 4.22. The van der Waals surface area contributed by atoms with Gasteiger partial charge in [-0.3, -0.25) is 9.20 Å². The normalized spacial score (nSPS) is 10.4. The molecule has 2 aromatic heterocycles. The number of Topliss-reactive ketones (excluding diaryl/α,β-unsaturated/α-hetero) is 1. The Morgan fingerprint density at radius 2 is 1.86 bits per heavy atom. The quantitative estimate of drug-likeness (QED) is 0.401. The molecule has 6 nitrogen and oxygen atoms in total. The third kappa shape index (κ3) is 4.25. The first-order valence-electron chi connectivity index (χ1n) is 8.86. The number of methoxy groups -OCH3 is 1. The number of aryl methyl sites for hydroxylation is 2. The molecule has 0 saturated carbocycles. The van der Waals surface area contributed by atoms with Crippen molar-refractivity contribution >= 4 is 34.4 Å². The average molecular weight is 447 g/mol.